The van der Waals surface area contributed by atoms with Gasteiger partial charge in [0, 0.05) is 25.8 Å². The molecule has 1 rings (SSSR count). The summed E-state index contributed by atoms with van der Waals surface area (Å²) in [5.74, 6) is 0. The summed E-state index contributed by atoms with van der Waals surface area (Å²) in [6.07, 6.45) is 3.18. The molecule has 1 aromatic carbocycles. The first-order valence-corrected chi connectivity index (χ1v) is 7.24. The van der Waals surface area contributed by atoms with E-state index in [1.165, 1.54) is 6.07 Å². The Labute approximate surface area is 124 Å². The van der Waals surface area contributed by atoms with Gasteiger partial charge < -0.3 is 10.1 Å². The fraction of sp³-hybridized carbons (Fsp3) is 0.571. The normalized spacial score (nSPS) is 10.7. The standard InChI is InChI=1S/C14H21ClN2O3/c1-2-3-8-20-9-4-7-16-11-12-5-6-13(15)14(10-12)17(18)19/h5-6,10,16H,2-4,7-9,11H2,1H3. The number of ether oxygens (including phenoxy) is 1. The van der Waals surface area contributed by atoms with E-state index in [2.05, 4.69) is 12.2 Å². The van der Waals surface area contributed by atoms with Gasteiger partial charge in [-0.2, -0.15) is 0 Å². The Balaban J connectivity index is 2.22. The summed E-state index contributed by atoms with van der Waals surface area (Å²) in [6.45, 7) is 5.11. The Kier molecular flexibility index (Phi) is 8.18. The molecule has 0 amide bonds. The zero-order valence-electron chi connectivity index (χ0n) is 11.7. The molecule has 0 atom stereocenters. The molecule has 0 fully saturated rings. The van der Waals surface area contributed by atoms with Gasteiger partial charge in [0.1, 0.15) is 5.02 Å². The number of rotatable bonds is 10. The largest absolute Gasteiger partial charge is 0.381 e. The van der Waals surface area contributed by atoms with E-state index in [4.69, 9.17) is 16.3 Å². The maximum atomic E-state index is 10.8. The van der Waals surface area contributed by atoms with Crippen LogP contribution in [-0.2, 0) is 11.3 Å². The molecule has 112 valence electrons. The maximum Gasteiger partial charge on any atom is 0.288 e. The first-order chi connectivity index (χ1) is 9.65. The number of hydrogen-bond acceptors (Lipinski definition) is 4. The molecule has 0 saturated heterocycles. The van der Waals surface area contributed by atoms with E-state index in [0.29, 0.717) is 6.54 Å². The van der Waals surface area contributed by atoms with Gasteiger partial charge in [0.05, 0.1) is 4.92 Å². The van der Waals surface area contributed by atoms with Crippen molar-refractivity contribution in [3.8, 4) is 0 Å². The number of nitrogens with one attached hydrogen (secondary N) is 1. The molecule has 0 unspecified atom stereocenters. The molecule has 0 heterocycles. The van der Waals surface area contributed by atoms with Gasteiger partial charge in [-0.15, -0.1) is 0 Å². The predicted molar refractivity (Wildman–Crippen MR) is 80.2 cm³/mol. The lowest BCUT2D eigenvalue weighted by Gasteiger charge is -2.06. The first kappa shape index (κ1) is 16.9. The van der Waals surface area contributed by atoms with Crippen LogP contribution in [-0.4, -0.2) is 24.7 Å². The number of halogens is 1. The highest BCUT2D eigenvalue weighted by molar-refractivity contribution is 6.32. The highest BCUT2D eigenvalue weighted by Crippen LogP contribution is 2.24. The Morgan fingerprint density at radius 1 is 1.35 bits per heavy atom. The van der Waals surface area contributed by atoms with E-state index in [1.54, 1.807) is 12.1 Å². The van der Waals surface area contributed by atoms with Crippen LogP contribution in [0.4, 0.5) is 5.69 Å². The second-order valence-corrected chi connectivity index (χ2v) is 4.95. The highest BCUT2D eigenvalue weighted by atomic mass is 35.5. The lowest BCUT2D eigenvalue weighted by Crippen LogP contribution is -2.16. The summed E-state index contributed by atoms with van der Waals surface area (Å²) in [4.78, 5) is 10.3. The fourth-order valence-electron chi connectivity index (χ4n) is 1.69. The van der Waals surface area contributed by atoms with Crippen LogP contribution in [0.15, 0.2) is 18.2 Å². The summed E-state index contributed by atoms with van der Waals surface area (Å²) < 4.78 is 5.45. The predicted octanol–water partition coefficient (Wildman–Crippen LogP) is 3.54. The minimum absolute atomic E-state index is 0.0473. The van der Waals surface area contributed by atoms with Crippen LogP contribution in [0.2, 0.25) is 5.02 Å². The third kappa shape index (κ3) is 6.32. The van der Waals surface area contributed by atoms with Crippen molar-refractivity contribution in [1.82, 2.24) is 5.32 Å². The van der Waals surface area contributed by atoms with Gasteiger partial charge in [-0.05, 0) is 31.0 Å². The van der Waals surface area contributed by atoms with Crippen molar-refractivity contribution in [2.75, 3.05) is 19.8 Å². The maximum absolute atomic E-state index is 10.8. The van der Waals surface area contributed by atoms with Crippen molar-refractivity contribution in [2.45, 2.75) is 32.7 Å². The molecule has 0 aromatic heterocycles. The van der Waals surface area contributed by atoms with E-state index in [-0.39, 0.29) is 10.7 Å². The summed E-state index contributed by atoms with van der Waals surface area (Å²) in [5.41, 5.74) is 0.807. The van der Waals surface area contributed by atoms with Crippen LogP contribution in [0.25, 0.3) is 0 Å². The smallest absolute Gasteiger partial charge is 0.288 e. The lowest BCUT2D eigenvalue weighted by molar-refractivity contribution is -0.384. The van der Waals surface area contributed by atoms with Crippen LogP contribution in [0.3, 0.4) is 0 Å². The summed E-state index contributed by atoms with van der Waals surface area (Å²) in [5, 5.41) is 14.2. The van der Waals surface area contributed by atoms with Crippen molar-refractivity contribution < 1.29 is 9.66 Å². The van der Waals surface area contributed by atoms with E-state index in [1.807, 2.05) is 0 Å². The Hall–Kier alpha value is -1.17. The molecule has 20 heavy (non-hydrogen) atoms. The molecule has 1 N–H and O–H groups in total. The van der Waals surface area contributed by atoms with Crippen LogP contribution in [0.5, 0.6) is 0 Å². The SMILES string of the molecule is CCCCOCCCNCc1ccc(Cl)c([N+](=O)[O-])c1. The number of nitro benzene ring substituents is 1. The second-order valence-electron chi connectivity index (χ2n) is 4.54. The van der Waals surface area contributed by atoms with Crippen LogP contribution in [0, 0.1) is 10.1 Å². The van der Waals surface area contributed by atoms with Crippen molar-refractivity contribution in [1.29, 1.82) is 0 Å². The number of unbranched alkanes of at least 4 members (excludes halogenated alkanes) is 1. The van der Waals surface area contributed by atoms with Crippen molar-refractivity contribution in [2.24, 2.45) is 0 Å². The van der Waals surface area contributed by atoms with Gasteiger partial charge in [0.25, 0.3) is 5.69 Å². The number of nitro groups is 1. The molecule has 0 spiro atoms. The molecular formula is C14H21ClN2O3. The molecule has 0 radical (unpaired) electrons. The summed E-state index contributed by atoms with van der Waals surface area (Å²) in [6, 6.07) is 4.86. The van der Waals surface area contributed by atoms with Gasteiger partial charge >= 0.3 is 0 Å². The Morgan fingerprint density at radius 2 is 2.10 bits per heavy atom. The van der Waals surface area contributed by atoms with Crippen LogP contribution in [0.1, 0.15) is 31.7 Å². The fourth-order valence-corrected chi connectivity index (χ4v) is 1.88. The zero-order valence-corrected chi connectivity index (χ0v) is 12.5. The Bertz CT molecular complexity index is 427. The summed E-state index contributed by atoms with van der Waals surface area (Å²) >= 11 is 5.76. The van der Waals surface area contributed by atoms with E-state index in [9.17, 15) is 10.1 Å². The average molecular weight is 301 g/mol. The third-order valence-corrected chi connectivity index (χ3v) is 3.14. The van der Waals surface area contributed by atoms with Crippen molar-refractivity contribution in [3.63, 3.8) is 0 Å². The van der Waals surface area contributed by atoms with Gasteiger partial charge in [-0.3, -0.25) is 10.1 Å². The quantitative estimate of drug-likeness (QED) is 0.408. The minimum atomic E-state index is -0.465. The number of hydrogen-bond donors (Lipinski definition) is 1. The molecular weight excluding hydrogens is 280 g/mol. The van der Waals surface area contributed by atoms with Gasteiger partial charge in [-0.1, -0.05) is 31.0 Å². The molecule has 0 bridgehead atoms. The van der Waals surface area contributed by atoms with Gasteiger partial charge in [0.15, 0.2) is 0 Å². The van der Waals surface area contributed by atoms with Crippen LogP contribution >= 0.6 is 11.6 Å². The first-order valence-electron chi connectivity index (χ1n) is 6.86. The lowest BCUT2D eigenvalue weighted by atomic mass is 10.2. The van der Waals surface area contributed by atoms with Crippen molar-refractivity contribution in [3.05, 3.63) is 38.9 Å². The van der Waals surface area contributed by atoms with E-state index < -0.39 is 4.92 Å². The topological polar surface area (TPSA) is 64.4 Å². The van der Waals surface area contributed by atoms with Gasteiger partial charge in [-0.25, -0.2) is 0 Å². The molecule has 5 nitrogen and oxygen atoms in total. The number of nitrogens with zero attached hydrogens (tertiary/aromatic N) is 1. The average Bonchev–Trinajstić information content (AvgIpc) is 2.43. The van der Waals surface area contributed by atoms with Crippen LogP contribution < -0.4 is 5.32 Å². The molecule has 0 aliphatic heterocycles. The Morgan fingerprint density at radius 3 is 2.80 bits per heavy atom. The van der Waals surface area contributed by atoms with E-state index >= 15 is 0 Å². The molecule has 0 saturated carbocycles. The monoisotopic (exact) mass is 300 g/mol. The molecule has 0 aliphatic carbocycles. The van der Waals surface area contributed by atoms with E-state index in [0.717, 1.165) is 44.6 Å². The minimum Gasteiger partial charge on any atom is -0.381 e. The van der Waals surface area contributed by atoms with Gasteiger partial charge in [0.2, 0.25) is 0 Å². The third-order valence-electron chi connectivity index (χ3n) is 2.82. The van der Waals surface area contributed by atoms with Crippen molar-refractivity contribution >= 4 is 17.3 Å². The molecule has 6 heteroatoms. The second kappa shape index (κ2) is 9.69. The highest BCUT2D eigenvalue weighted by Gasteiger charge is 2.12. The summed E-state index contributed by atoms with van der Waals surface area (Å²) in [7, 11) is 0. The molecule has 1 aromatic rings. The molecule has 0 aliphatic rings. The number of benzene rings is 1. The zero-order chi connectivity index (χ0) is 14.8.